The SMILES string of the molecule is CCCCS(=O)(=O)N(CCC(=O)O)Cc1ccccc1. The molecule has 20 heavy (non-hydrogen) atoms. The van der Waals surface area contributed by atoms with Gasteiger partial charge < -0.3 is 5.11 Å². The fourth-order valence-electron chi connectivity index (χ4n) is 1.78. The van der Waals surface area contributed by atoms with Crippen LogP contribution in [0.2, 0.25) is 0 Å². The summed E-state index contributed by atoms with van der Waals surface area (Å²) >= 11 is 0. The molecule has 1 aromatic rings. The van der Waals surface area contributed by atoms with E-state index >= 15 is 0 Å². The number of carboxylic acid groups (broad SMARTS) is 1. The molecule has 1 aromatic carbocycles. The molecule has 5 nitrogen and oxygen atoms in total. The number of sulfonamides is 1. The molecule has 0 aliphatic heterocycles. The predicted octanol–water partition coefficient (Wildman–Crippen LogP) is 2.09. The molecule has 1 N–H and O–H groups in total. The van der Waals surface area contributed by atoms with E-state index in [4.69, 9.17) is 5.11 Å². The number of hydrogen-bond donors (Lipinski definition) is 1. The molecule has 112 valence electrons. The van der Waals surface area contributed by atoms with E-state index in [1.54, 1.807) is 0 Å². The number of benzene rings is 1. The Balaban J connectivity index is 2.81. The number of carboxylic acids is 1. The average molecular weight is 299 g/mol. The van der Waals surface area contributed by atoms with Crippen molar-refractivity contribution in [3.05, 3.63) is 35.9 Å². The van der Waals surface area contributed by atoms with Crippen molar-refractivity contribution in [1.29, 1.82) is 0 Å². The van der Waals surface area contributed by atoms with Crippen LogP contribution in [-0.2, 0) is 21.4 Å². The minimum atomic E-state index is -3.41. The van der Waals surface area contributed by atoms with E-state index in [0.717, 1.165) is 12.0 Å². The lowest BCUT2D eigenvalue weighted by molar-refractivity contribution is -0.137. The molecule has 0 atom stereocenters. The van der Waals surface area contributed by atoms with Crippen molar-refractivity contribution in [3.63, 3.8) is 0 Å². The second-order valence-electron chi connectivity index (χ2n) is 4.63. The standard InChI is InChI=1S/C14H21NO4S/c1-2-3-11-20(18,19)15(10-9-14(16)17)12-13-7-5-4-6-8-13/h4-8H,2-3,9-12H2,1H3,(H,16,17). The Hall–Kier alpha value is -1.40. The summed E-state index contributed by atoms with van der Waals surface area (Å²) < 4.78 is 25.7. The third kappa shape index (κ3) is 5.71. The third-order valence-electron chi connectivity index (χ3n) is 2.93. The zero-order valence-electron chi connectivity index (χ0n) is 11.7. The van der Waals surface area contributed by atoms with E-state index < -0.39 is 16.0 Å². The van der Waals surface area contributed by atoms with Crippen molar-refractivity contribution in [2.24, 2.45) is 0 Å². The Kier molecular flexibility index (Phi) is 6.67. The molecule has 0 radical (unpaired) electrons. The van der Waals surface area contributed by atoms with Crippen LogP contribution in [0, 0.1) is 0 Å². The lowest BCUT2D eigenvalue weighted by atomic mass is 10.2. The van der Waals surface area contributed by atoms with Crippen molar-refractivity contribution in [2.75, 3.05) is 12.3 Å². The van der Waals surface area contributed by atoms with Gasteiger partial charge in [-0.05, 0) is 12.0 Å². The summed E-state index contributed by atoms with van der Waals surface area (Å²) in [5.41, 5.74) is 0.859. The summed E-state index contributed by atoms with van der Waals surface area (Å²) in [7, 11) is -3.41. The molecular weight excluding hydrogens is 278 g/mol. The van der Waals surface area contributed by atoms with Gasteiger partial charge in [-0.3, -0.25) is 4.79 Å². The molecular formula is C14H21NO4S. The fourth-order valence-corrected chi connectivity index (χ4v) is 3.41. The van der Waals surface area contributed by atoms with Gasteiger partial charge in [-0.1, -0.05) is 43.7 Å². The molecule has 0 saturated heterocycles. The van der Waals surface area contributed by atoms with E-state index in [0.29, 0.717) is 6.42 Å². The highest BCUT2D eigenvalue weighted by Gasteiger charge is 2.22. The zero-order valence-corrected chi connectivity index (χ0v) is 12.5. The molecule has 0 aliphatic carbocycles. The number of hydrogen-bond acceptors (Lipinski definition) is 3. The first-order chi connectivity index (χ1) is 9.45. The van der Waals surface area contributed by atoms with Crippen LogP contribution in [0.25, 0.3) is 0 Å². The van der Waals surface area contributed by atoms with Crippen LogP contribution in [0.15, 0.2) is 30.3 Å². The van der Waals surface area contributed by atoms with Gasteiger partial charge >= 0.3 is 5.97 Å². The Bertz CT molecular complexity index is 513. The zero-order chi connectivity index (χ0) is 15.0. The molecule has 6 heteroatoms. The Morgan fingerprint density at radius 3 is 2.45 bits per heavy atom. The van der Waals surface area contributed by atoms with Crippen LogP contribution in [0.3, 0.4) is 0 Å². The number of carbonyl (C=O) groups is 1. The minimum Gasteiger partial charge on any atom is -0.481 e. The van der Waals surface area contributed by atoms with E-state index in [-0.39, 0.29) is 25.3 Å². The van der Waals surface area contributed by atoms with E-state index in [1.165, 1.54) is 4.31 Å². The first kappa shape index (κ1) is 16.7. The van der Waals surface area contributed by atoms with Gasteiger partial charge in [0, 0.05) is 13.1 Å². The molecule has 0 amide bonds. The molecule has 1 rings (SSSR count). The van der Waals surface area contributed by atoms with Crippen LogP contribution >= 0.6 is 0 Å². The van der Waals surface area contributed by atoms with Gasteiger partial charge in [-0.15, -0.1) is 0 Å². The first-order valence-electron chi connectivity index (χ1n) is 6.69. The summed E-state index contributed by atoms with van der Waals surface area (Å²) in [5.74, 6) is -0.926. The highest BCUT2D eigenvalue weighted by molar-refractivity contribution is 7.89. The van der Waals surface area contributed by atoms with Gasteiger partial charge in [-0.25, -0.2) is 8.42 Å². The normalized spacial score (nSPS) is 11.7. The highest BCUT2D eigenvalue weighted by atomic mass is 32.2. The summed E-state index contributed by atoms with van der Waals surface area (Å²) in [6.07, 6.45) is 1.19. The van der Waals surface area contributed by atoms with Crippen LogP contribution in [0.1, 0.15) is 31.7 Å². The van der Waals surface area contributed by atoms with Crippen molar-refractivity contribution in [3.8, 4) is 0 Å². The minimum absolute atomic E-state index is 0.0102. The number of rotatable bonds is 9. The topological polar surface area (TPSA) is 74.7 Å². The van der Waals surface area contributed by atoms with Crippen molar-refractivity contribution in [1.82, 2.24) is 4.31 Å². The monoisotopic (exact) mass is 299 g/mol. The predicted molar refractivity (Wildman–Crippen MR) is 77.8 cm³/mol. The van der Waals surface area contributed by atoms with Crippen LogP contribution in [-0.4, -0.2) is 36.1 Å². The van der Waals surface area contributed by atoms with Crippen molar-refractivity contribution < 1.29 is 18.3 Å². The quantitative estimate of drug-likeness (QED) is 0.757. The van der Waals surface area contributed by atoms with E-state index in [9.17, 15) is 13.2 Å². The summed E-state index contributed by atoms with van der Waals surface area (Å²) in [5, 5.41) is 8.75. The second kappa shape index (κ2) is 8.01. The van der Waals surface area contributed by atoms with Crippen LogP contribution < -0.4 is 0 Å². The highest BCUT2D eigenvalue weighted by Crippen LogP contribution is 2.12. The first-order valence-corrected chi connectivity index (χ1v) is 8.30. The van der Waals surface area contributed by atoms with Gasteiger partial charge in [0.05, 0.1) is 12.2 Å². The maximum absolute atomic E-state index is 12.2. The average Bonchev–Trinajstić information content (AvgIpc) is 2.42. The Morgan fingerprint density at radius 2 is 1.90 bits per heavy atom. The third-order valence-corrected chi connectivity index (χ3v) is 4.83. The molecule has 0 aromatic heterocycles. The lowest BCUT2D eigenvalue weighted by Gasteiger charge is -2.21. The molecule has 0 heterocycles. The molecule has 0 spiro atoms. The van der Waals surface area contributed by atoms with Crippen LogP contribution in [0.4, 0.5) is 0 Å². The van der Waals surface area contributed by atoms with Gasteiger partial charge in [-0.2, -0.15) is 4.31 Å². The Labute approximate surface area is 120 Å². The second-order valence-corrected chi connectivity index (χ2v) is 6.72. The summed E-state index contributed by atoms with van der Waals surface area (Å²) in [6, 6.07) is 9.20. The van der Waals surface area contributed by atoms with Crippen LogP contribution in [0.5, 0.6) is 0 Å². The smallest absolute Gasteiger partial charge is 0.304 e. The molecule has 0 saturated carbocycles. The van der Waals surface area contributed by atoms with E-state index in [1.807, 2.05) is 37.3 Å². The fraction of sp³-hybridized carbons (Fsp3) is 0.500. The maximum atomic E-state index is 12.2. The van der Waals surface area contributed by atoms with E-state index in [2.05, 4.69) is 0 Å². The van der Waals surface area contributed by atoms with Crippen molar-refractivity contribution >= 4 is 16.0 Å². The number of nitrogens with zero attached hydrogens (tertiary/aromatic N) is 1. The maximum Gasteiger partial charge on any atom is 0.304 e. The van der Waals surface area contributed by atoms with Crippen molar-refractivity contribution in [2.45, 2.75) is 32.7 Å². The van der Waals surface area contributed by atoms with Gasteiger partial charge in [0.2, 0.25) is 10.0 Å². The molecule has 0 fully saturated rings. The van der Waals surface area contributed by atoms with Gasteiger partial charge in [0.15, 0.2) is 0 Å². The largest absolute Gasteiger partial charge is 0.481 e. The Morgan fingerprint density at radius 1 is 1.25 bits per heavy atom. The lowest BCUT2D eigenvalue weighted by Crippen LogP contribution is -2.34. The van der Waals surface area contributed by atoms with Gasteiger partial charge in [0.1, 0.15) is 0 Å². The summed E-state index contributed by atoms with van der Waals surface area (Å²) in [4.78, 5) is 10.7. The molecule has 0 unspecified atom stereocenters. The number of aliphatic carboxylic acids is 1. The number of unbranched alkanes of at least 4 members (excludes halogenated alkanes) is 1. The summed E-state index contributed by atoms with van der Waals surface area (Å²) in [6.45, 7) is 2.16. The molecule has 0 bridgehead atoms. The van der Waals surface area contributed by atoms with Gasteiger partial charge in [0.25, 0.3) is 0 Å². The molecule has 0 aliphatic rings.